The molecule has 1 aromatic carbocycles. The van der Waals surface area contributed by atoms with Crippen molar-refractivity contribution in [2.24, 2.45) is 0 Å². The van der Waals surface area contributed by atoms with E-state index in [0.717, 1.165) is 24.9 Å². The van der Waals surface area contributed by atoms with Crippen LogP contribution >= 0.6 is 0 Å². The first-order valence-electron chi connectivity index (χ1n) is 6.41. The van der Waals surface area contributed by atoms with Crippen molar-refractivity contribution >= 4 is 5.78 Å². The van der Waals surface area contributed by atoms with Gasteiger partial charge in [0.05, 0.1) is 12.6 Å². The molecular weight excluding hydrogens is 228 g/mol. The Bertz CT molecular complexity index is 373. The molecule has 0 bridgehead atoms. The van der Waals surface area contributed by atoms with E-state index in [1.165, 1.54) is 0 Å². The van der Waals surface area contributed by atoms with Crippen LogP contribution in [0.5, 0.6) is 0 Å². The molecule has 1 unspecified atom stereocenters. The number of carbonyl (C=O) groups is 1. The fraction of sp³-hybridized carbons (Fsp3) is 0.500. The standard InChI is InChI=1S/C14H20N2O2/c1-11(17)14-8-7-13(9-15-14)16-18-10-12-5-3-2-4-6-12/h2-6,13-16H,7-10H2,1H3/t13?,14-/m0/s1. The lowest BCUT2D eigenvalue weighted by atomic mass is 9.99. The van der Waals surface area contributed by atoms with E-state index in [1.807, 2.05) is 30.3 Å². The largest absolute Gasteiger partial charge is 0.306 e. The average Bonchev–Trinajstić information content (AvgIpc) is 2.40. The van der Waals surface area contributed by atoms with Crippen molar-refractivity contribution in [3.63, 3.8) is 0 Å². The first kappa shape index (κ1) is 13.2. The number of nitrogens with one attached hydrogen (secondary N) is 2. The lowest BCUT2D eigenvalue weighted by molar-refractivity contribution is -0.119. The summed E-state index contributed by atoms with van der Waals surface area (Å²) in [6, 6.07) is 10.4. The molecule has 1 saturated heterocycles. The summed E-state index contributed by atoms with van der Waals surface area (Å²) in [6.07, 6.45) is 1.84. The molecule has 0 aromatic heterocycles. The highest BCUT2D eigenvalue weighted by atomic mass is 16.6. The second-order valence-corrected chi connectivity index (χ2v) is 4.74. The van der Waals surface area contributed by atoms with Gasteiger partial charge in [-0.15, -0.1) is 0 Å². The van der Waals surface area contributed by atoms with Crippen LogP contribution in [0.1, 0.15) is 25.3 Å². The molecular formula is C14H20N2O2. The van der Waals surface area contributed by atoms with E-state index < -0.39 is 0 Å². The highest BCUT2D eigenvalue weighted by molar-refractivity contribution is 5.81. The number of piperidine rings is 1. The molecule has 0 aliphatic carbocycles. The molecule has 1 aliphatic heterocycles. The SMILES string of the molecule is CC(=O)[C@@H]1CCC(NOCc2ccccc2)CN1. The predicted molar refractivity (Wildman–Crippen MR) is 69.9 cm³/mol. The van der Waals surface area contributed by atoms with Crippen LogP contribution in [0.25, 0.3) is 0 Å². The molecule has 2 N–H and O–H groups in total. The van der Waals surface area contributed by atoms with Crippen molar-refractivity contribution in [2.45, 2.75) is 38.5 Å². The molecule has 1 heterocycles. The Kier molecular flexibility index (Phi) is 4.87. The second kappa shape index (κ2) is 6.64. The van der Waals surface area contributed by atoms with Crippen molar-refractivity contribution in [1.82, 2.24) is 10.8 Å². The van der Waals surface area contributed by atoms with Gasteiger partial charge in [-0.05, 0) is 25.3 Å². The molecule has 4 heteroatoms. The quantitative estimate of drug-likeness (QED) is 0.774. The maximum Gasteiger partial charge on any atom is 0.146 e. The number of carbonyl (C=O) groups excluding carboxylic acids is 1. The number of Topliss-reactive ketones (excluding diaryl/α,β-unsaturated/α-hetero) is 1. The van der Waals surface area contributed by atoms with Crippen LogP contribution in [0.3, 0.4) is 0 Å². The Hall–Kier alpha value is -1.23. The molecule has 0 radical (unpaired) electrons. The summed E-state index contributed by atoms with van der Waals surface area (Å²) in [6.45, 7) is 2.98. The van der Waals surface area contributed by atoms with Crippen LogP contribution in [0.15, 0.2) is 30.3 Å². The molecule has 4 nitrogen and oxygen atoms in total. The van der Waals surface area contributed by atoms with E-state index >= 15 is 0 Å². The number of hydroxylamine groups is 1. The molecule has 0 spiro atoms. The number of rotatable bonds is 5. The Morgan fingerprint density at radius 2 is 2.17 bits per heavy atom. The molecule has 1 aromatic rings. The number of hydrogen-bond donors (Lipinski definition) is 2. The summed E-state index contributed by atoms with van der Waals surface area (Å²) in [5.74, 6) is 0.221. The minimum atomic E-state index is 0.0252. The maximum atomic E-state index is 11.2. The third kappa shape index (κ3) is 3.91. The first-order valence-corrected chi connectivity index (χ1v) is 6.41. The number of ketones is 1. The lowest BCUT2D eigenvalue weighted by Gasteiger charge is -2.28. The van der Waals surface area contributed by atoms with Crippen LogP contribution in [-0.4, -0.2) is 24.4 Å². The van der Waals surface area contributed by atoms with Gasteiger partial charge < -0.3 is 5.32 Å². The molecule has 98 valence electrons. The second-order valence-electron chi connectivity index (χ2n) is 4.74. The molecule has 0 amide bonds. The first-order chi connectivity index (χ1) is 8.75. The zero-order chi connectivity index (χ0) is 12.8. The minimum absolute atomic E-state index is 0.0252. The van der Waals surface area contributed by atoms with Crippen LogP contribution in [0.2, 0.25) is 0 Å². The summed E-state index contributed by atoms with van der Waals surface area (Å²) >= 11 is 0. The van der Waals surface area contributed by atoms with Crippen molar-refractivity contribution in [3.8, 4) is 0 Å². The minimum Gasteiger partial charge on any atom is -0.306 e. The molecule has 18 heavy (non-hydrogen) atoms. The van der Waals surface area contributed by atoms with Crippen molar-refractivity contribution < 1.29 is 9.63 Å². The van der Waals surface area contributed by atoms with Crippen molar-refractivity contribution in [2.75, 3.05) is 6.54 Å². The molecule has 2 atom stereocenters. The molecule has 2 rings (SSSR count). The fourth-order valence-electron chi connectivity index (χ4n) is 2.12. The third-order valence-corrected chi connectivity index (χ3v) is 3.24. The van der Waals surface area contributed by atoms with Gasteiger partial charge >= 0.3 is 0 Å². The average molecular weight is 248 g/mol. The monoisotopic (exact) mass is 248 g/mol. The summed E-state index contributed by atoms with van der Waals surface area (Å²) in [5.41, 5.74) is 4.20. The van der Waals surface area contributed by atoms with Gasteiger partial charge in [-0.1, -0.05) is 30.3 Å². The highest BCUT2D eigenvalue weighted by Crippen LogP contribution is 2.09. The Morgan fingerprint density at radius 1 is 1.39 bits per heavy atom. The highest BCUT2D eigenvalue weighted by Gasteiger charge is 2.22. The summed E-state index contributed by atoms with van der Waals surface area (Å²) < 4.78 is 0. The summed E-state index contributed by atoms with van der Waals surface area (Å²) in [5, 5.41) is 3.23. The number of benzene rings is 1. The van der Waals surface area contributed by atoms with Gasteiger partial charge in [0.1, 0.15) is 5.78 Å². The Balaban J connectivity index is 1.65. The zero-order valence-electron chi connectivity index (χ0n) is 10.7. The molecule has 1 fully saturated rings. The Morgan fingerprint density at radius 3 is 2.78 bits per heavy atom. The van der Waals surface area contributed by atoms with Crippen LogP contribution in [0.4, 0.5) is 0 Å². The normalized spacial score (nSPS) is 23.8. The van der Waals surface area contributed by atoms with Gasteiger partial charge in [-0.25, -0.2) is 0 Å². The van der Waals surface area contributed by atoms with E-state index in [1.54, 1.807) is 6.92 Å². The van der Waals surface area contributed by atoms with Gasteiger partial charge in [0, 0.05) is 12.6 Å². The van der Waals surface area contributed by atoms with Gasteiger partial charge in [0.25, 0.3) is 0 Å². The Labute approximate surface area is 108 Å². The fourth-order valence-corrected chi connectivity index (χ4v) is 2.12. The van der Waals surface area contributed by atoms with Crippen LogP contribution in [-0.2, 0) is 16.2 Å². The van der Waals surface area contributed by atoms with E-state index in [-0.39, 0.29) is 17.9 Å². The molecule has 0 saturated carbocycles. The maximum absolute atomic E-state index is 11.2. The summed E-state index contributed by atoms with van der Waals surface area (Å²) in [7, 11) is 0. The molecule has 1 aliphatic rings. The smallest absolute Gasteiger partial charge is 0.146 e. The predicted octanol–water partition coefficient (Wildman–Crippen LogP) is 1.42. The van der Waals surface area contributed by atoms with Crippen molar-refractivity contribution in [3.05, 3.63) is 35.9 Å². The topological polar surface area (TPSA) is 50.4 Å². The van der Waals surface area contributed by atoms with Gasteiger partial charge in [0.15, 0.2) is 0 Å². The van der Waals surface area contributed by atoms with Gasteiger partial charge in [-0.3, -0.25) is 9.63 Å². The van der Waals surface area contributed by atoms with Crippen molar-refractivity contribution in [1.29, 1.82) is 0 Å². The van der Waals surface area contributed by atoms with E-state index in [4.69, 9.17) is 4.84 Å². The van der Waals surface area contributed by atoms with Crippen LogP contribution in [0, 0.1) is 0 Å². The third-order valence-electron chi connectivity index (χ3n) is 3.24. The zero-order valence-corrected chi connectivity index (χ0v) is 10.7. The van der Waals surface area contributed by atoms with E-state index in [9.17, 15) is 4.79 Å². The van der Waals surface area contributed by atoms with Gasteiger partial charge in [-0.2, -0.15) is 5.48 Å². The van der Waals surface area contributed by atoms with E-state index in [2.05, 4.69) is 10.8 Å². The van der Waals surface area contributed by atoms with Gasteiger partial charge in [0.2, 0.25) is 0 Å². The summed E-state index contributed by atoms with van der Waals surface area (Å²) in [4.78, 5) is 16.7. The van der Waals surface area contributed by atoms with Crippen LogP contribution < -0.4 is 10.8 Å². The van der Waals surface area contributed by atoms with E-state index in [0.29, 0.717) is 6.61 Å². The lowest BCUT2D eigenvalue weighted by Crippen LogP contribution is -2.50. The number of hydrogen-bond acceptors (Lipinski definition) is 4.